The van der Waals surface area contributed by atoms with Crippen LogP contribution >= 0.6 is 0 Å². The molecule has 6 unspecified atom stereocenters. The molecule has 146 valence electrons. The second-order valence-electron chi connectivity index (χ2n) is 7.18. The summed E-state index contributed by atoms with van der Waals surface area (Å²) in [5.74, 6) is -2.29. The van der Waals surface area contributed by atoms with Gasteiger partial charge in [0.15, 0.2) is 0 Å². The van der Waals surface area contributed by atoms with Gasteiger partial charge >= 0.3 is 0 Å². The maximum Gasteiger partial charge on any atom is 0.123 e. The summed E-state index contributed by atoms with van der Waals surface area (Å²) in [7, 11) is 0. The molecule has 0 aliphatic heterocycles. The minimum Gasteiger partial charge on any atom is -0.303 e. The fourth-order valence-electron chi connectivity index (χ4n) is 3.24. The summed E-state index contributed by atoms with van der Waals surface area (Å²) in [5, 5.41) is 0. The number of hydrogen-bond acceptors (Lipinski definition) is 6. The lowest BCUT2D eigenvalue weighted by molar-refractivity contribution is -0.116. The van der Waals surface area contributed by atoms with Gasteiger partial charge in [-0.1, -0.05) is 13.8 Å². The Morgan fingerprint density at radius 2 is 0.808 bits per heavy atom. The molecule has 0 amide bonds. The fraction of sp³-hybridized carbons (Fsp3) is 0.700. The summed E-state index contributed by atoms with van der Waals surface area (Å²) in [6.07, 6.45) is 6.80. The minimum absolute atomic E-state index is 0.219. The molecule has 0 aromatic rings. The van der Waals surface area contributed by atoms with Gasteiger partial charge in [0.05, 0.1) is 0 Å². The Kier molecular flexibility index (Phi) is 13.1. The van der Waals surface area contributed by atoms with Gasteiger partial charge in [-0.05, 0) is 38.5 Å². The lowest BCUT2D eigenvalue weighted by atomic mass is 9.81. The number of rotatable bonds is 17. The van der Waals surface area contributed by atoms with Gasteiger partial charge < -0.3 is 28.8 Å². The van der Waals surface area contributed by atoms with E-state index in [9.17, 15) is 28.8 Å². The molecule has 6 atom stereocenters. The Hall–Kier alpha value is -1.98. The molecule has 0 aliphatic carbocycles. The van der Waals surface area contributed by atoms with Crippen LogP contribution in [-0.2, 0) is 28.8 Å². The standard InChI is InChI=1S/C20H30O6/c1-3-16(10-22)5-18(12-24)7-20(14-26)8-19(13-25)6-17(11-23)4-15(2)9-21/h9-20H,3-8H2,1-2H3. The Bertz CT molecular complexity index is 461. The predicted molar refractivity (Wildman–Crippen MR) is 96.4 cm³/mol. The summed E-state index contributed by atoms with van der Waals surface area (Å²) >= 11 is 0. The largest absolute Gasteiger partial charge is 0.303 e. The summed E-state index contributed by atoms with van der Waals surface area (Å²) in [4.78, 5) is 66.9. The zero-order valence-corrected chi connectivity index (χ0v) is 15.6. The highest BCUT2D eigenvalue weighted by Crippen LogP contribution is 2.26. The molecule has 0 aromatic carbocycles. The normalized spacial score (nSPS) is 17.8. The van der Waals surface area contributed by atoms with Crippen LogP contribution in [0.4, 0.5) is 0 Å². The van der Waals surface area contributed by atoms with Crippen molar-refractivity contribution >= 4 is 37.7 Å². The van der Waals surface area contributed by atoms with Crippen LogP contribution in [0.1, 0.15) is 52.4 Å². The van der Waals surface area contributed by atoms with Crippen molar-refractivity contribution in [3.05, 3.63) is 0 Å². The summed E-state index contributed by atoms with van der Waals surface area (Å²) < 4.78 is 0. The lowest BCUT2D eigenvalue weighted by Gasteiger charge is -2.22. The van der Waals surface area contributed by atoms with E-state index in [0.717, 1.165) is 37.7 Å². The van der Waals surface area contributed by atoms with Crippen molar-refractivity contribution in [2.45, 2.75) is 52.4 Å². The second-order valence-corrected chi connectivity index (χ2v) is 7.18. The van der Waals surface area contributed by atoms with Crippen LogP contribution in [-0.4, -0.2) is 37.7 Å². The Morgan fingerprint density at radius 3 is 1.08 bits per heavy atom. The smallest absolute Gasteiger partial charge is 0.123 e. The summed E-state index contributed by atoms with van der Waals surface area (Å²) in [6, 6.07) is 0. The minimum atomic E-state index is -0.486. The zero-order chi connectivity index (χ0) is 19.9. The molecule has 26 heavy (non-hydrogen) atoms. The molecular formula is C20H30O6. The van der Waals surface area contributed by atoms with Gasteiger partial charge in [0.25, 0.3) is 0 Å². The van der Waals surface area contributed by atoms with Gasteiger partial charge in [0.2, 0.25) is 0 Å². The predicted octanol–water partition coefficient (Wildman–Crippen LogP) is 2.26. The van der Waals surface area contributed by atoms with Crippen molar-refractivity contribution in [1.82, 2.24) is 0 Å². The molecule has 0 fully saturated rings. The van der Waals surface area contributed by atoms with E-state index in [1.807, 2.05) is 6.92 Å². The van der Waals surface area contributed by atoms with Crippen LogP contribution in [0.5, 0.6) is 0 Å². The Labute approximate surface area is 155 Å². The Balaban J connectivity index is 4.81. The molecule has 6 nitrogen and oxygen atoms in total. The van der Waals surface area contributed by atoms with Gasteiger partial charge in [-0.3, -0.25) is 0 Å². The highest BCUT2D eigenvalue weighted by Gasteiger charge is 2.24. The third-order valence-corrected chi connectivity index (χ3v) is 4.82. The van der Waals surface area contributed by atoms with Crippen molar-refractivity contribution in [1.29, 1.82) is 0 Å². The summed E-state index contributed by atoms with van der Waals surface area (Å²) in [6.45, 7) is 3.57. The van der Waals surface area contributed by atoms with Gasteiger partial charge in [-0.2, -0.15) is 0 Å². The first-order valence-corrected chi connectivity index (χ1v) is 9.19. The molecule has 0 saturated carbocycles. The van der Waals surface area contributed by atoms with E-state index in [-0.39, 0.29) is 31.1 Å². The van der Waals surface area contributed by atoms with Crippen molar-refractivity contribution in [2.75, 3.05) is 0 Å². The van der Waals surface area contributed by atoms with Crippen molar-refractivity contribution in [3.63, 3.8) is 0 Å². The van der Waals surface area contributed by atoms with Crippen molar-refractivity contribution < 1.29 is 28.8 Å². The van der Waals surface area contributed by atoms with Crippen LogP contribution in [0.3, 0.4) is 0 Å². The van der Waals surface area contributed by atoms with Crippen LogP contribution < -0.4 is 0 Å². The average molecular weight is 366 g/mol. The van der Waals surface area contributed by atoms with Crippen molar-refractivity contribution in [2.24, 2.45) is 35.5 Å². The van der Waals surface area contributed by atoms with Crippen molar-refractivity contribution in [3.8, 4) is 0 Å². The van der Waals surface area contributed by atoms with Gasteiger partial charge in [-0.25, -0.2) is 0 Å². The van der Waals surface area contributed by atoms with E-state index in [4.69, 9.17) is 0 Å². The van der Waals surface area contributed by atoms with E-state index in [2.05, 4.69) is 0 Å². The monoisotopic (exact) mass is 366 g/mol. The first-order chi connectivity index (χ1) is 12.5. The average Bonchev–Trinajstić information content (AvgIpc) is 2.68. The third-order valence-electron chi connectivity index (χ3n) is 4.82. The maximum atomic E-state index is 11.4. The molecule has 0 radical (unpaired) electrons. The molecular weight excluding hydrogens is 336 g/mol. The molecule has 0 saturated heterocycles. The summed E-state index contributed by atoms with van der Waals surface area (Å²) in [5.41, 5.74) is 0. The molecule has 0 spiro atoms. The SMILES string of the molecule is CCC(C=O)CC(C=O)CC(C=O)CC(C=O)CC(C=O)CC(C)C=O. The number of hydrogen-bond donors (Lipinski definition) is 0. The molecule has 0 aromatic heterocycles. The molecule has 6 heteroatoms. The first kappa shape index (κ1) is 24.0. The quantitative estimate of drug-likeness (QED) is 0.366. The lowest BCUT2D eigenvalue weighted by Crippen LogP contribution is -2.21. The number of carbonyl (C=O) groups is 6. The van der Waals surface area contributed by atoms with E-state index in [1.165, 1.54) is 0 Å². The topological polar surface area (TPSA) is 102 Å². The van der Waals surface area contributed by atoms with Gasteiger partial charge in [0.1, 0.15) is 37.7 Å². The number of aldehydes is 6. The maximum absolute atomic E-state index is 11.4. The molecule has 0 aliphatic rings. The highest BCUT2D eigenvalue weighted by molar-refractivity contribution is 5.62. The van der Waals surface area contributed by atoms with E-state index < -0.39 is 23.7 Å². The zero-order valence-electron chi connectivity index (χ0n) is 15.6. The third kappa shape index (κ3) is 9.49. The molecule has 0 N–H and O–H groups in total. The van der Waals surface area contributed by atoms with Crippen LogP contribution in [0.15, 0.2) is 0 Å². The van der Waals surface area contributed by atoms with Crippen LogP contribution in [0.2, 0.25) is 0 Å². The van der Waals surface area contributed by atoms with Crippen LogP contribution in [0.25, 0.3) is 0 Å². The fourth-order valence-corrected chi connectivity index (χ4v) is 3.24. The second kappa shape index (κ2) is 14.2. The molecule has 0 rings (SSSR count). The highest BCUT2D eigenvalue weighted by atomic mass is 16.1. The van der Waals surface area contributed by atoms with E-state index in [1.54, 1.807) is 6.92 Å². The first-order valence-electron chi connectivity index (χ1n) is 9.19. The Morgan fingerprint density at radius 1 is 0.500 bits per heavy atom. The molecule has 0 bridgehead atoms. The van der Waals surface area contributed by atoms with Gasteiger partial charge in [-0.15, -0.1) is 0 Å². The molecule has 0 heterocycles. The van der Waals surface area contributed by atoms with E-state index >= 15 is 0 Å². The van der Waals surface area contributed by atoms with E-state index in [0.29, 0.717) is 19.3 Å². The number of carbonyl (C=O) groups excluding carboxylic acids is 6. The van der Waals surface area contributed by atoms with Crippen LogP contribution in [0, 0.1) is 35.5 Å². The van der Waals surface area contributed by atoms with Gasteiger partial charge in [0, 0.05) is 35.5 Å².